The average molecular weight is 489 g/mol. The number of aromatic nitrogens is 4. The van der Waals surface area contributed by atoms with Crippen molar-refractivity contribution in [2.24, 2.45) is 0 Å². The summed E-state index contributed by atoms with van der Waals surface area (Å²) in [4.78, 5) is 41.0. The quantitative estimate of drug-likeness (QED) is 0.409. The summed E-state index contributed by atoms with van der Waals surface area (Å²) in [7, 11) is 1.32. The van der Waals surface area contributed by atoms with Crippen LogP contribution in [-0.2, 0) is 11.3 Å². The molecule has 0 radical (unpaired) electrons. The maximum absolute atomic E-state index is 12.5. The van der Waals surface area contributed by atoms with Crippen LogP contribution in [0.25, 0.3) is 22.3 Å². The predicted octanol–water partition coefficient (Wildman–Crippen LogP) is 2.95. The largest absolute Gasteiger partial charge is 0.465 e. The van der Waals surface area contributed by atoms with E-state index in [1.807, 2.05) is 31.2 Å². The molecule has 1 unspecified atom stereocenters. The van der Waals surface area contributed by atoms with Gasteiger partial charge in [0.1, 0.15) is 5.82 Å². The van der Waals surface area contributed by atoms with Crippen molar-refractivity contribution < 1.29 is 14.1 Å². The van der Waals surface area contributed by atoms with Crippen molar-refractivity contribution in [1.82, 2.24) is 29.9 Å². The Kier molecular flexibility index (Phi) is 6.62. The van der Waals surface area contributed by atoms with E-state index in [4.69, 9.17) is 9.26 Å². The van der Waals surface area contributed by atoms with Gasteiger partial charge in [-0.05, 0) is 32.0 Å². The van der Waals surface area contributed by atoms with Gasteiger partial charge >= 0.3 is 5.97 Å². The van der Waals surface area contributed by atoms with Crippen molar-refractivity contribution in [1.29, 1.82) is 0 Å². The lowest BCUT2D eigenvalue weighted by atomic mass is 10.1. The molecule has 0 bridgehead atoms. The van der Waals surface area contributed by atoms with Gasteiger partial charge in [0.05, 0.1) is 36.2 Å². The maximum atomic E-state index is 12.5. The number of benzene rings is 2. The molecule has 1 fully saturated rings. The minimum absolute atomic E-state index is 0.00538. The summed E-state index contributed by atoms with van der Waals surface area (Å²) >= 11 is 0. The number of hydrogen-bond acceptors (Lipinski definition) is 9. The first-order chi connectivity index (χ1) is 17.4. The number of rotatable bonds is 6. The molecule has 1 aliphatic rings. The first-order valence-corrected chi connectivity index (χ1v) is 11.9. The Labute approximate surface area is 207 Å². The van der Waals surface area contributed by atoms with Crippen molar-refractivity contribution in [3.05, 3.63) is 75.7 Å². The number of esters is 1. The molecule has 10 nitrogen and oxygen atoms in total. The summed E-state index contributed by atoms with van der Waals surface area (Å²) in [5.41, 5.74) is 2.73. The molecule has 1 aliphatic heterocycles. The molecule has 0 spiro atoms. The van der Waals surface area contributed by atoms with Gasteiger partial charge in [-0.25, -0.2) is 9.78 Å². The Balaban J connectivity index is 1.23. The van der Waals surface area contributed by atoms with Crippen molar-refractivity contribution >= 4 is 16.9 Å². The van der Waals surface area contributed by atoms with E-state index in [2.05, 4.69) is 36.8 Å². The number of aromatic amines is 1. The van der Waals surface area contributed by atoms with Crippen molar-refractivity contribution in [2.45, 2.75) is 26.4 Å². The van der Waals surface area contributed by atoms with Gasteiger partial charge in [0, 0.05) is 31.7 Å². The summed E-state index contributed by atoms with van der Waals surface area (Å²) in [6.07, 6.45) is 0. The third kappa shape index (κ3) is 4.91. The summed E-state index contributed by atoms with van der Waals surface area (Å²) in [6.45, 7) is 7.85. The number of fused-ring (bicyclic) bond motifs is 1. The number of piperazine rings is 1. The Bertz CT molecular complexity index is 1440. The van der Waals surface area contributed by atoms with Crippen molar-refractivity contribution in [3.8, 4) is 11.4 Å². The number of aryl methyl sites for hydroxylation is 1. The molecular weight excluding hydrogens is 460 g/mol. The van der Waals surface area contributed by atoms with Crippen LogP contribution < -0.4 is 5.56 Å². The molecule has 2 aromatic carbocycles. The smallest absolute Gasteiger partial charge is 0.337 e. The third-order valence-electron chi connectivity index (χ3n) is 6.61. The fourth-order valence-corrected chi connectivity index (χ4v) is 4.41. The van der Waals surface area contributed by atoms with Gasteiger partial charge in [-0.15, -0.1) is 0 Å². The number of hydrogen-bond donors (Lipinski definition) is 1. The molecule has 36 heavy (non-hydrogen) atoms. The van der Waals surface area contributed by atoms with Crippen LogP contribution >= 0.6 is 0 Å². The highest BCUT2D eigenvalue weighted by Gasteiger charge is 2.26. The number of carbonyl (C=O) groups is 1. The Hall–Kier alpha value is -3.89. The van der Waals surface area contributed by atoms with Crippen LogP contribution in [-0.4, -0.2) is 69.2 Å². The minimum atomic E-state index is -0.460. The van der Waals surface area contributed by atoms with E-state index >= 15 is 0 Å². The number of ether oxygens (including phenoxy) is 1. The predicted molar refractivity (Wildman–Crippen MR) is 133 cm³/mol. The third-order valence-corrected chi connectivity index (χ3v) is 6.61. The molecule has 3 heterocycles. The highest BCUT2D eigenvalue weighted by Crippen LogP contribution is 2.24. The van der Waals surface area contributed by atoms with E-state index < -0.39 is 5.97 Å². The second kappa shape index (κ2) is 10.00. The topological polar surface area (TPSA) is 117 Å². The minimum Gasteiger partial charge on any atom is -0.465 e. The second-order valence-electron chi connectivity index (χ2n) is 9.05. The van der Waals surface area contributed by atoms with Crippen LogP contribution in [0.15, 0.2) is 51.8 Å². The molecule has 0 aliphatic carbocycles. The molecule has 1 N–H and O–H groups in total. The van der Waals surface area contributed by atoms with Gasteiger partial charge in [-0.1, -0.05) is 35.0 Å². The zero-order valence-electron chi connectivity index (χ0n) is 20.5. The average Bonchev–Trinajstić information content (AvgIpc) is 3.39. The summed E-state index contributed by atoms with van der Waals surface area (Å²) < 4.78 is 10.4. The summed E-state index contributed by atoms with van der Waals surface area (Å²) in [5.74, 6) is 1.30. The molecule has 2 aromatic heterocycles. The Morgan fingerprint density at radius 1 is 1.11 bits per heavy atom. The zero-order chi connectivity index (χ0) is 25.2. The number of carbonyl (C=O) groups excluding carboxylic acids is 1. The first-order valence-electron chi connectivity index (χ1n) is 11.9. The Morgan fingerprint density at radius 3 is 2.58 bits per heavy atom. The molecule has 5 rings (SSSR count). The normalized spacial score (nSPS) is 15.8. The van der Waals surface area contributed by atoms with Crippen LogP contribution in [0.5, 0.6) is 0 Å². The number of nitrogens with zero attached hydrogens (tertiary/aromatic N) is 5. The van der Waals surface area contributed by atoms with Gasteiger partial charge in [0.25, 0.3) is 5.56 Å². The van der Waals surface area contributed by atoms with Gasteiger partial charge in [-0.3, -0.25) is 14.6 Å². The lowest BCUT2D eigenvalue weighted by molar-refractivity contribution is 0.0601. The van der Waals surface area contributed by atoms with Gasteiger partial charge < -0.3 is 14.2 Å². The van der Waals surface area contributed by atoms with Crippen LogP contribution in [0.4, 0.5) is 0 Å². The molecule has 1 atom stereocenters. The second-order valence-corrected chi connectivity index (χ2v) is 9.05. The lowest BCUT2D eigenvalue weighted by Crippen LogP contribution is -2.47. The molecule has 4 aromatic rings. The molecule has 0 amide bonds. The van der Waals surface area contributed by atoms with E-state index in [1.54, 1.807) is 18.2 Å². The van der Waals surface area contributed by atoms with Crippen molar-refractivity contribution in [2.75, 3.05) is 33.3 Å². The maximum Gasteiger partial charge on any atom is 0.337 e. The van der Waals surface area contributed by atoms with Crippen LogP contribution in [0.3, 0.4) is 0 Å². The van der Waals surface area contributed by atoms with Crippen LogP contribution in [0.1, 0.15) is 40.6 Å². The first kappa shape index (κ1) is 23.8. The van der Waals surface area contributed by atoms with E-state index in [1.165, 1.54) is 12.7 Å². The monoisotopic (exact) mass is 488 g/mol. The highest BCUT2D eigenvalue weighted by atomic mass is 16.5. The van der Waals surface area contributed by atoms with Crippen LogP contribution in [0, 0.1) is 6.92 Å². The van der Waals surface area contributed by atoms with E-state index in [0.29, 0.717) is 40.6 Å². The zero-order valence-corrected chi connectivity index (χ0v) is 20.5. The molecule has 0 saturated carbocycles. The highest BCUT2D eigenvalue weighted by molar-refractivity contribution is 5.93. The van der Waals surface area contributed by atoms with Crippen molar-refractivity contribution in [3.63, 3.8) is 0 Å². The molecule has 1 saturated heterocycles. The lowest BCUT2D eigenvalue weighted by Gasteiger charge is -2.36. The Morgan fingerprint density at radius 2 is 1.86 bits per heavy atom. The van der Waals surface area contributed by atoms with E-state index in [-0.39, 0.29) is 11.6 Å². The SMILES string of the molecule is COC(=O)c1ccc2c(=O)[nH]c(CN3CCN(C(C)c4nc(-c5ccc(C)cc5)no4)CC3)nc2c1. The van der Waals surface area contributed by atoms with E-state index in [0.717, 1.165) is 31.7 Å². The number of methoxy groups -OCH3 is 1. The fourth-order valence-electron chi connectivity index (χ4n) is 4.41. The van der Waals surface area contributed by atoms with Crippen LogP contribution in [0.2, 0.25) is 0 Å². The number of nitrogens with one attached hydrogen (secondary N) is 1. The molecular formula is C26H28N6O4. The summed E-state index contributed by atoms with van der Waals surface area (Å²) in [5, 5.41) is 4.60. The van der Waals surface area contributed by atoms with Gasteiger partial charge in [-0.2, -0.15) is 4.98 Å². The van der Waals surface area contributed by atoms with E-state index in [9.17, 15) is 9.59 Å². The molecule has 186 valence electrons. The molecule has 10 heteroatoms. The standard InChI is InChI=1S/C26H28N6O4/c1-16-4-6-18(7-5-16)23-29-25(36-30-23)17(2)32-12-10-31(11-13-32)15-22-27-21-14-19(26(34)35-3)8-9-20(21)24(33)28-22/h4-9,14,17H,10-13,15H2,1-3H3,(H,27,28,33). The van der Waals surface area contributed by atoms with Gasteiger partial charge in [0.15, 0.2) is 0 Å². The fraction of sp³-hybridized carbons (Fsp3) is 0.346. The number of H-pyrrole nitrogens is 1. The summed E-state index contributed by atoms with van der Waals surface area (Å²) in [6, 6.07) is 12.8. The van der Waals surface area contributed by atoms with Gasteiger partial charge in [0.2, 0.25) is 11.7 Å².